The van der Waals surface area contributed by atoms with Gasteiger partial charge in [0.25, 0.3) is 0 Å². The van der Waals surface area contributed by atoms with E-state index in [0.29, 0.717) is 12.6 Å². The molecule has 2 N–H and O–H groups in total. The molecule has 1 aromatic heterocycles. The van der Waals surface area contributed by atoms with E-state index in [-0.39, 0.29) is 12.5 Å². The molecule has 1 aliphatic carbocycles. The fourth-order valence-corrected chi connectivity index (χ4v) is 1.28. The molecule has 0 aliphatic heterocycles. The Labute approximate surface area is 88.1 Å². The lowest BCUT2D eigenvalue weighted by atomic mass is 10.5. The lowest BCUT2D eigenvalue weighted by Gasteiger charge is -2.05. The first-order valence-corrected chi connectivity index (χ1v) is 5.17. The minimum absolute atomic E-state index is 0.0295. The highest BCUT2D eigenvalue weighted by Gasteiger charge is 2.19. The van der Waals surface area contributed by atoms with Crippen LogP contribution in [0.2, 0.25) is 0 Å². The molecule has 1 heterocycles. The number of nitrogens with one attached hydrogen (secondary N) is 2. The molecular formula is C9H15N5O. The van der Waals surface area contributed by atoms with Crippen molar-refractivity contribution < 1.29 is 4.79 Å². The van der Waals surface area contributed by atoms with Crippen LogP contribution >= 0.6 is 0 Å². The quantitative estimate of drug-likeness (QED) is 0.598. The van der Waals surface area contributed by atoms with E-state index in [9.17, 15) is 4.79 Å². The largest absolute Gasteiger partial charge is 0.353 e. The summed E-state index contributed by atoms with van der Waals surface area (Å²) in [6.07, 6.45) is 5.49. The SMILES string of the molecule is O=C(Cn1cncn1)NCCNC1CC1. The first kappa shape index (κ1) is 10.1. The van der Waals surface area contributed by atoms with Crippen molar-refractivity contribution in [2.45, 2.75) is 25.4 Å². The van der Waals surface area contributed by atoms with Crippen LogP contribution in [0.5, 0.6) is 0 Å². The van der Waals surface area contributed by atoms with Gasteiger partial charge >= 0.3 is 0 Å². The molecule has 15 heavy (non-hydrogen) atoms. The first-order chi connectivity index (χ1) is 7.34. The van der Waals surface area contributed by atoms with Crippen molar-refractivity contribution >= 4 is 5.91 Å². The van der Waals surface area contributed by atoms with Crippen molar-refractivity contribution in [1.82, 2.24) is 25.4 Å². The molecule has 1 amide bonds. The maximum atomic E-state index is 11.3. The number of hydrogen-bond acceptors (Lipinski definition) is 4. The molecule has 6 heteroatoms. The van der Waals surface area contributed by atoms with E-state index in [1.165, 1.54) is 30.2 Å². The van der Waals surface area contributed by atoms with E-state index >= 15 is 0 Å². The molecule has 0 radical (unpaired) electrons. The van der Waals surface area contributed by atoms with E-state index in [1.54, 1.807) is 0 Å². The third-order valence-corrected chi connectivity index (χ3v) is 2.23. The summed E-state index contributed by atoms with van der Waals surface area (Å²) in [5, 5.41) is 9.99. The highest BCUT2D eigenvalue weighted by Crippen LogP contribution is 2.17. The topological polar surface area (TPSA) is 71.8 Å². The highest BCUT2D eigenvalue weighted by atomic mass is 16.2. The van der Waals surface area contributed by atoms with Crippen LogP contribution in [0.4, 0.5) is 0 Å². The molecule has 0 atom stereocenters. The average molecular weight is 209 g/mol. The fourth-order valence-electron chi connectivity index (χ4n) is 1.28. The van der Waals surface area contributed by atoms with E-state index in [4.69, 9.17) is 0 Å². The van der Waals surface area contributed by atoms with Crippen LogP contribution in [0, 0.1) is 0 Å². The second-order valence-electron chi connectivity index (χ2n) is 3.67. The molecule has 82 valence electrons. The van der Waals surface area contributed by atoms with Crippen LogP contribution in [0.25, 0.3) is 0 Å². The Morgan fingerprint density at radius 3 is 3.00 bits per heavy atom. The predicted molar refractivity (Wildman–Crippen MR) is 54.1 cm³/mol. The molecule has 0 aromatic carbocycles. The lowest BCUT2D eigenvalue weighted by Crippen LogP contribution is -2.34. The molecule has 1 aliphatic rings. The van der Waals surface area contributed by atoms with Crippen LogP contribution in [0.3, 0.4) is 0 Å². The molecule has 6 nitrogen and oxygen atoms in total. The Morgan fingerprint density at radius 1 is 1.47 bits per heavy atom. The van der Waals surface area contributed by atoms with Crippen molar-refractivity contribution in [3.63, 3.8) is 0 Å². The number of aromatic nitrogens is 3. The molecule has 1 fully saturated rings. The standard InChI is InChI=1S/C9H15N5O/c15-9(5-14-7-10-6-13-14)12-4-3-11-8-1-2-8/h6-8,11H,1-5H2,(H,12,15). The van der Waals surface area contributed by atoms with Gasteiger partial charge in [0, 0.05) is 19.1 Å². The molecular weight excluding hydrogens is 194 g/mol. The Morgan fingerprint density at radius 2 is 2.33 bits per heavy atom. The fraction of sp³-hybridized carbons (Fsp3) is 0.667. The predicted octanol–water partition coefficient (Wildman–Crippen LogP) is -0.854. The second kappa shape index (κ2) is 4.88. The van der Waals surface area contributed by atoms with Gasteiger partial charge in [0.15, 0.2) is 0 Å². The third-order valence-electron chi connectivity index (χ3n) is 2.23. The van der Waals surface area contributed by atoms with Gasteiger partial charge in [-0.15, -0.1) is 0 Å². The van der Waals surface area contributed by atoms with Crippen molar-refractivity contribution in [3.05, 3.63) is 12.7 Å². The van der Waals surface area contributed by atoms with Gasteiger partial charge in [0.05, 0.1) is 0 Å². The summed E-state index contributed by atoms with van der Waals surface area (Å²) >= 11 is 0. The van der Waals surface area contributed by atoms with Gasteiger partial charge in [-0.05, 0) is 12.8 Å². The molecule has 0 saturated heterocycles. The average Bonchev–Trinajstić information content (AvgIpc) is 2.91. The van der Waals surface area contributed by atoms with Crippen LogP contribution in [-0.2, 0) is 11.3 Å². The van der Waals surface area contributed by atoms with Gasteiger partial charge in [-0.1, -0.05) is 0 Å². The zero-order valence-corrected chi connectivity index (χ0v) is 8.52. The smallest absolute Gasteiger partial charge is 0.241 e. The van der Waals surface area contributed by atoms with Crippen molar-refractivity contribution in [2.24, 2.45) is 0 Å². The normalized spacial score (nSPS) is 15.2. The second-order valence-corrected chi connectivity index (χ2v) is 3.67. The van der Waals surface area contributed by atoms with Gasteiger partial charge < -0.3 is 10.6 Å². The van der Waals surface area contributed by atoms with Crippen molar-refractivity contribution in [3.8, 4) is 0 Å². The number of carbonyl (C=O) groups excluding carboxylic acids is 1. The minimum Gasteiger partial charge on any atom is -0.353 e. The molecule has 2 rings (SSSR count). The number of hydrogen-bond donors (Lipinski definition) is 2. The molecule has 1 aromatic rings. The van der Waals surface area contributed by atoms with Crippen LogP contribution in [0.15, 0.2) is 12.7 Å². The summed E-state index contributed by atoms with van der Waals surface area (Å²) in [4.78, 5) is 15.1. The Balaban J connectivity index is 1.55. The summed E-state index contributed by atoms with van der Waals surface area (Å²) in [7, 11) is 0. The van der Waals surface area contributed by atoms with E-state index in [0.717, 1.165) is 6.54 Å². The van der Waals surface area contributed by atoms with Crippen molar-refractivity contribution in [1.29, 1.82) is 0 Å². The summed E-state index contributed by atoms with van der Waals surface area (Å²) in [6.45, 7) is 1.75. The van der Waals surface area contributed by atoms with Gasteiger partial charge in [-0.3, -0.25) is 4.79 Å². The molecule has 0 spiro atoms. The van der Waals surface area contributed by atoms with E-state index in [1.807, 2.05) is 0 Å². The van der Waals surface area contributed by atoms with Crippen LogP contribution in [0.1, 0.15) is 12.8 Å². The summed E-state index contributed by atoms with van der Waals surface area (Å²) in [5.41, 5.74) is 0. The summed E-state index contributed by atoms with van der Waals surface area (Å²) < 4.78 is 1.50. The number of amides is 1. The molecule has 0 bridgehead atoms. The maximum absolute atomic E-state index is 11.3. The van der Waals surface area contributed by atoms with Crippen LogP contribution < -0.4 is 10.6 Å². The molecule has 1 saturated carbocycles. The van der Waals surface area contributed by atoms with Gasteiger partial charge in [-0.25, -0.2) is 9.67 Å². The molecule has 0 unspecified atom stereocenters. The Bertz CT molecular complexity index is 306. The van der Waals surface area contributed by atoms with Gasteiger partial charge in [-0.2, -0.15) is 5.10 Å². The number of nitrogens with zero attached hydrogens (tertiary/aromatic N) is 3. The Kier molecular flexibility index (Phi) is 3.29. The maximum Gasteiger partial charge on any atom is 0.241 e. The lowest BCUT2D eigenvalue weighted by molar-refractivity contribution is -0.121. The minimum atomic E-state index is -0.0295. The van der Waals surface area contributed by atoms with Crippen molar-refractivity contribution in [2.75, 3.05) is 13.1 Å². The first-order valence-electron chi connectivity index (χ1n) is 5.17. The third kappa shape index (κ3) is 3.67. The number of carbonyl (C=O) groups is 1. The summed E-state index contributed by atoms with van der Waals surface area (Å²) in [5.74, 6) is -0.0295. The Hall–Kier alpha value is -1.43. The zero-order valence-electron chi connectivity index (χ0n) is 8.52. The summed E-state index contributed by atoms with van der Waals surface area (Å²) in [6, 6.07) is 0.692. The van der Waals surface area contributed by atoms with E-state index in [2.05, 4.69) is 20.7 Å². The van der Waals surface area contributed by atoms with E-state index < -0.39 is 0 Å². The monoisotopic (exact) mass is 209 g/mol. The van der Waals surface area contributed by atoms with Crippen LogP contribution in [-0.4, -0.2) is 39.8 Å². The number of rotatable bonds is 6. The highest BCUT2D eigenvalue weighted by molar-refractivity contribution is 5.75. The van der Waals surface area contributed by atoms with Gasteiger partial charge in [0.1, 0.15) is 19.2 Å². The van der Waals surface area contributed by atoms with Gasteiger partial charge in [0.2, 0.25) is 5.91 Å². The zero-order chi connectivity index (χ0) is 10.5.